The molecule has 0 radical (unpaired) electrons. The van der Waals surface area contributed by atoms with Gasteiger partial charge in [0.15, 0.2) is 5.89 Å². The second-order valence-corrected chi connectivity index (χ2v) is 7.71. The second kappa shape index (κ2) is 7.11. The number of benzene rings is 2. The van der Waals surface area contributed by atoms with Crippen molar-refractivity contribution in [3.63, 3.8) is 0 Å². The number of nitrogens with one attached hydrogen (secondary N) is 1. The third-order valence-electron chi connectivity index (χ3n) is 3.84. The third-order valence-corrected chi connectivity index (χ3v) is 5.13. The number of oxazole rings is 1. The Morgan fingerprint density at radius 3 is 2.28 bits per heavy atom. The summed E-state index contributed by atoms with van der Waals surface area (Å²) in [4.78, 5) is 4.34. The molecule has 0 saturated heterocycles. The number of aryl methyl sites for hydroxylation is 3. The van der Waals surface area contributed by atoms with E-state index in [2.05, 4.69) is 9.71 Å². The first kappa shape index (κ1) is 17.2. The van der Waals surface area contributed by atoms with Gasteiger partial charge in [-0.15, -0.1) is 0 Å². The van der Waals surface area contributed by atoms with Crippen LogP contribution in [0.5, 0.6) is 0 Å². The highest BCUT2D eigenvalue weighted by Gasteiger charge is 2.12. The first-order valence-electron chi connectivity index (χ1n) is 8.02. The summed E-state index contributed by atoms with van der Waals surface area (Å²) in [6.45, 7) is 3.65. The van der Waals surface area contributed by atoms with Gasteiger partial charge in [0.05, 0.1) is 5.75 Å². The predicted octanol–water partition coefficient (Wildman–Crippen LogP) is 3.94. The second-order valence-electron chi connectivity index (χ2n) is 5.87. The van der Waals surface area contributed by atoms with Gasteiger partial charge >= 0.3 is 0 Å². The van der Waals surface area contributed by atoms with E-state index in [1.54, 1.807) is 19.1 Å². The summed E-state index contributed by atoms with van der Waals surface area (Å²) >= 11 is 0. The summed E-state index contributed by atoms with van der Waals surface area (Å²) in [6.07, 6.45) is 0.478. The molecule has 0 aliphatic heterocycles. The summed E-state index contributed by atoms with van der Waals surface area (Å²) < 4.78 is 32.5. The number of sulfonamides is 1. The van der Waals surface area contributed by atoms with Gasteiger partial charge in [0.2, 0.25) is 10.0 Å². The van der Waals surface area contributed by atoms with Crippen LogP contribution in [0.2, 0.25) is 0 Å². The molecule has 0 fully saturated rings. The molecule has 3 rings (SSSR count). The highest BCUT2D eigenvalue weighted by atomic mass is 32.2. The van der Waals surface area contributed by atoms with Crippen molar-refractivity contribution in [2.75, 3.05) is 10.5 Å². The molecule has 0 spiro atoms. The fourth-order valence-corrected chi connectivity index (χ4v) is 3.72. The molecule has 5 nitrogen and oxygen atoms in total. The minimum Gasteiger partial charge on any atom is -0.446 e. The quantitative estimate of drug-likeness (QED) is 0.726. The van der Waals surface area contributed by atoms with Crippen LogP contribution in [0, 0.1) is 13.8 Å². The Hall–Kier alpha value is -2.60. The third kappa shape index (κ3) is 4.48. The molecule has 0 amide bonds. The van der Waals surface area contributed by atoms with Crippen LogP contribution in [-0.4, -0.2) is 19.2 Å². The summed E-state index contributed by atoms with van der Waals surface area (Å²) in [5, 5.41) is 0. The molecule has 0 unspecified atom stereocenters. The SMILES string of the molecule is Cc1nc(-c2ccc(NS(=O)(=O)CCc3ccccc3)cc2)c(C)o1. The molecule has 25 heavy (non-hydrogen) atoms. The monoisotopic (exact) mass is 356 g/mol. The number of rotatable bonds is 6. The predicted molar refractivity (Wildman–Crippen MR) is 99.0 cm³/mol. The van der Waals surface area contributed by atoms with E-state index >= 15 is 0 Å². The molecule has 2 aromatic carbocycles. The van der Waals surface area contributed by atoms with Gasteiger partial charge in [0, 0.05) is 18.2 Å². The number of aromatic nitrogens is 1. The summed E-state index contributed by atoms with van der Waals surface area (Å²) in [6, 6.07) is 16.7. The van der Waals surface area contributed by atoms with Crippen LogP contribution < -0.4 is 4.72 Å². The largest absolute Gasteiger partial charge is 0.446 e. The van der Waals surface area contributed by atoms with E-state index in [1.165, 1.54) is 0 Å². The van der Waals surface area contributed by atoms with Gasteiger partial charge in [0.25, 0.3) is 0 Å². The topological polar surface area (TPSA) is 72.2 Å². The molecule has 0 atom stereocenters. The van der Waals surface area contributed by atoms with Crippen LogP contribution in [0.4, 0.5) is 5.69 Å². The Morgan fingerprint density at radius 1 is 1.00 bits per heavy atom. The maximum absolute atomic E-state index is 12.2. The maximum atomic E-state index is 12.2. The Morgan fingerprint density at radius 2 is 1.68 bits per heavy atom. The van der Waals surface area contributed by atoms with Crippen LogP contribution in [0.3, 0.4) is 0 Å². The molecule has 0 saturated carbocycles. The smallest absolute Gasteiger partial charge is 0.233 e. The van der Waals surface area contributed by atoms with E-state index in [0.29, 0.717) is 18.0 Å². The van der Waals surface area contributed by atoms with E-state index in [0.717, 1.165) is 22.6 Å². The summed E-state index contributed by atoms with van der Waals surface area (Å²) in [5.41, 5.74) is 3.20. The van der Waals surface area contributed by atoms with Gasteiger partial charge in [-0.05, 0) is 31.0 Å². The molecule has 0 aliphatic rings. The minimum atomic E-state index is -3.40. The molecule has 0 bridgehead atoms. The summed E-state index contributed by atoms with van der Waals surface area (Å²) in [5.74, 6) is 1.40. The van der Waals surface area contributed by atoms with Crippen molar-refractivity contribution in [2.45, 2.75) is 20.3 Å². The molecule has 1 heterocycles. The first-order valence-corrected chi connectivity index (χ1v) is 9.67. The molecule has 1 aromatic heterocycles. The highest BCUT2D eigenvalue weighted by Crippen LogP contribution is 2.25. The summed E-state index contributed by atoms with van der Waals surface area (Å²) in [7, 11) is -3.40. The van der Waals surface area contributed by atoms with Gasteiger partial charge in [-0.3, -0.25) is 4.72 Å². The van der Waals surface area contributed by atoms with Gasteiger partial charge in [-0.2, -0.15) is 0 Å². The lowest BCUT2D eigenvalue weighted by molar-refractivity contribution is 0.495. The van der Waals surface area contributed by atoms with Crippen molar-refractivity contribution in [1.82, 2.24) is 4.98 Å². The first-order chi connectivity index (χ1) is 11.9. The lowest BCUT2D eigenvalue weighted by Crippen LogP contribution is -2.18. The lowest BCUT2D eigenvalue weighted by Gasteiger charge is -2.08. The van der Waals surface area contributed by atoms with Crippen molar-refractivity contribution < 1.29 is 12.8 Å². The van der Waals surface area contributed by atoms with E-state index in [4.69, 9.17) is 4.42 Å². The molecule has 0 aliphatic carbocycles. The average Bonchev–Trinajstić information content (AvgIpc) is 2.93. The van der Waals surface area contributed by atoms with Gasteiger partial charge in [-0.25, -0.2) is 13.4 Å². The molecular formula is C19H20N2O3S. The zero-order valence-electron chi connectivity index (χ0n) is 14.2. The number of hydrogen-bond acceptors (Lipinski definition) is 4. The average molecular weight is 356 g/mol. The van der Waals surface area contributed by atoms with Crippen molar-refractivity contribution in [2.24, 2.45) is 0 Å². The van der Waals surface area contributed by atoms with Crippen molar-refractivity contribution >= 4 is 15.7 Å². The number of anilines is 1. The van der Waals surface area contributed by atoms with Crippen molar-refractivity contribution in [3.05, 3.63) is 71.8 Å². The Balaban J connectivity index is 1.67. The maximum Gasteiger partial charge on any atom is 0.233 e. The molecular weight excluding hydrogens is 336 g/mol. The fourth-order valence-electron chi connectivity index (χ4n) is 2.62. The zero-order valence-corrected chi connectivity index (χ0v) is 15.0. The van der Waals surface area contributed by atoms with E-state index < -0.39 is 10.0 Å². The minimum absolute atomic E-state index is 0.0420. The van der Waals surface area contributed by atoms with Crippen LogP contribution >= 0.6 is 0 Å². The van der Waals surface area contributed by atoms with Gasteiger partial charge in [-0.1, -0.05) is 42.5 Å². The standard InChI is InChI=1S/C19H20N2O3S/c1-14-19(20-15(2)24-14)17-8-10-18(11-9-17)21-25(22,23)13-12-16-6-4-3-5-7-16/h3-11,21H,12-13H2,1-2H3. The molecule has 6 heteroatoms. The Kier molecular flexibility index (Phi) is 4.90. The fraction of sp³-hybridized carbons (Fsp3) is 0.211. The normalized spacial score (nSPS) is 11.4. The molecule has 1 N–H and O–H groups in total. The Bertz CT molecular complexity index is 946. The van der Waals surface area contributed by atoms with E-state index in [1.807, 2.05) is 49.4 Å². The Labute approximate surface area is 147 Å². The highest BCUT2D eigenvalue weighted by molar-refractivity contribution is 7.92. The zero-order chi connectivity index (χ0) is 17.9. The number of nitrogens with zero attached hydrogens (tertiary/aromatic N) is 1. The van der Waals surface area contributed by atoms with Crippen LogP contribution in [0.15, 0.2) is 59.0 Å². The molecule has 3 aromatic rings. The van der Waals surface area contributed by atoms with Crippen molar-refractivity contribution in [3.8, 4) is 11.3 Å². The number of hydrogen-bond donors (Lipinski definition) is 1. The van der Waals surface area contributed by atoms with E-state index in [9.17, 15) is 8.42 Å². The van der Waals surface area contributed by atoms with Crippen LogP contribution in [0.25, 0.3) is 11.3 Å². The van der Waals surface area contributed by atoms with Gasteiger partial charge in [0.1, 0.15) is 11.5 Å². The van der Waals surface area contributed by atoms with Crippen LogP contribution in [-0.2, 0) is 16.4 Å². The lowest BCUT2D eigenvalue weighted by atomic mass is 10.1. The van der Waals surface area contributed by atoms with E-state index in [-0.39, 0.29) is 5.75 Å². The van der Waals surface area contributed by atoms with Crippen molar-refractivity contribution in [1.29, 1.82) is 0 Å². The molecule has 130 valence electrons. The van der Waals surface area contributed by atoms with Gasteiger partial charge < -0.3 is 4.42 Å². The van der Waals surface area contributed by atoms with Crippen LogP contribution in [0.1, 0.15) is 17.2 Å².